The second kappa shape index (κ2) is 2.37. The van der Waals surface area contributed by atoms with Crippen molar-refractivity contribution in [2.24, 2.45) is 29.1 Å². The van der Waals surface area contributed by atoms with Gasteiger partial charge in [0.05, 0.1) is 0 Å². The van der Waals surface area contributed by atoms with Gasteiger partial charge in [-0.2, -0.15) is 0 Å². The minimum absolute atomic E-state index is 0.808. The molecule has 0 aromatic heterocycles. The molecule has 5 aliphatic carbocycles. The highest BCUT2D eigenvalue weighted by molar-refractivity contribution is 5.20. The van der Waals surface area contributed by atoms with Crippen LogP contribution in [0.4, 0.5) is 0 Å². The van der Waals surface area contributed by atoms with E-state index in [0.29, 0.717) is 0 Å². The van der Waals surface area contributed by atoms with Crippen molar-refractivity contribution in [3.63, 3.8) is 0 Å². The van der Waals surface area contributed by atoms with E-state index in [1.807, 2.05) is 0 Å². The summed E-state index contributed by atoms with van der Waals surface area (Å²) in [7, 11) is 2.17. The lowest BCUT2D eigenvalue weighted by molar-refractivity contribution is -0.0560. The zero-order valence-electron chi connectivity index (χ0n) is 9.13. The Morgan fingerprint density at radius 1 is 0.929 bits per heavy atom. The first-order chi connectivity index (χ1) is 6.83. The van der Waals surface area contributed by atoms with Crippen molar-refractivity contribution < 1.29 is 0 Å². The minimum atomic E-state index is 0.808. The first kappa shape index (κ1) is 8.15. The van der Waals surface area contributed by atoms with Gasteiger partial charge in [-0.25, -0.2) is 0 Å². The summed E-state index contributed by atoms with van der Waals surface area (Å²) >= 11 is 0. The van der Waals surface area contributed by atoms with Crippen LogP contribution in [0.3, 0.4) is 0 Å². The molecular weight excluding hydrogens is 170 g/mol. The Morgan fingerprint density at radius 3 is 1.93 bits per heavy atom. The molecule has 0 saturated heterocycles. The van der Waals surface area contributed by atoms with Gasteiger partial charge in [-0.05, 0) is 74.7 Å². The number of hydrogen-bond acceptors (Lipinski definition) is 1. The van der Waals surface area contributed by atoms with Gasteiger partial charge in [-0.15, -0.1) is 0 Å². The quantitative estimate of drug-likeness (QED) is 0.671. The first-order valence-corrected chi connectivity index (χ1v) is 6.50. The summed E-state index contributed by atoms with van der Waals surface area (Å²) in [4.78, 5) is 0. The summed E-state index contributed by atoms with van der Waals surface area (Å²) in [6.07, 6.45) is 9.46. The van der Waals surface area contributed by atoms with Gasteiger partial charge in [-0.1, -0.05) is 0 Å². The van der Waals surface area contributed by atoms with Crippen molar-refractivity contribution in [1.29, 1.82) is 0 Å². The topological polar surface area (TPSA) is 12.0 Å². The molecule has 0 amide bonds. The van der Waals surface area contributed by atoms with Crippen LogP contribution in [0, 0.1) is 29.1 Å². The molecule has 0 aliphatic heterocycles. The van der Waals surface area contributed by atoms with Gasteiger partial charge in [-0.3, -0.25) is 0 Å². The fourth-order valence-corrected chi connectivity index (χ4v) is 5.63. The van der Waals surface area contributed by atoms with Crippen LogP contribution in [-0.2, 0) is 0 Å². The Labute approximate surface area is 86.6 Å². The van der Waals surface area contributed by atoms with Gasteiger partial charge >= 0.3 is 0 Å². The third-order valence-electron chi connectivity index (χ3n) is 6.05. The second-order valence-corrected chi connectivity index (χ2v) is 6.46. The molecule has 0 aromatic carbocycles. The predicted octanol–water partition coefficient (Wildman–Crippen LogP) is 2.42. The van der Waals surface area contributed by atoms with Crippen LogP contribution in [0.25, 0.3) is 0 Å². The largest absolute Gasteiger partial charge is 0.316 e. The normalized spacial score (nSPS) is 63.6. The van der Waals surface area contributed by atoms with Gasteiger partial charge in [0.1, 0.15) is 0 Å². The molecule has 1 nitrogen and oxygen atoms in total. The Balaban J connectivity index is 1.69. The van der Waals surface area contributed by atoms with E-state index in [1.54, 1.807) is 32.1 Å². The van der Waals surface area contributed by atoms with Gasteiger partial charge in [0.25, 0.3) is 0 Å². The van der Waals surface area contributed by atoms with Crippen LogP contribution in [0.5, 0.6) is 0 Å². The van der Waals surface area contributed by atoms with Gasteiger partial charge in [0, 0.05) is 6.04 Å². The SMILES string of the molecule is CN[C@H]1CC12C1CC3CC(C1)CC2C3. The third-order valence-corrected chi connectivity index (χ3v) is 6.05. The molecule has 0 aromatic rings. The average molecular weight is 191 g/mol. The lowest BCUT2D eigenvalue weighted by Gasteiger charge is -2.55. The molecule has 78 valence electrons. The maximum Gasteiger partial charge on any atom is 0.0132 e. The summed E-state index contributed by atoms with van der Waals surface area (Å²) in [5.74, 6) is 4.52. The molecule has 14 heavy (non-hydrogen) atoms. The number of nitrogens with one attached hydrogen (secondary N) is 1. The fourth-order valence-electron chi connectivity index (χ4n) is 5.63. The molecule has 5 saturated carbocycles. The number of rotatable bonds is 1. The molecule has 0 unspecified atom stereocenters. The summed E-state index contributed by atoms with van der Waals surface area (Å²) < 4.78 is 0. The zero-order chi connectivity index (χ0) is 9.34. The lowest BCUT2D eigenvalue weighted by atomic mass is 9.50. The molecule has 1 atom stereocenters. The predicted molar refractivity (Wildman–Crippen MR) is 56.9 cm³/mol. The highest BCUT2D eigenvalue weighted by Gasteiger charge is 2.67. The molecule has 5 rings (SSSR count). The van der Waals surface area contributed by atoms with E-state index >= 15 is 0 Å². The van der Waals surface area contributed by atoms with E-state index in [0.717, 1.165) is 35.1 Å². The van der Waals surface area contributed by atoms with E-state index < -0.39 is 0 Å². The van der Waals surface area contributed by atoms with Crippen LogP contribution in [0.15, 0.2) is 0 Å². The molecule has 1 spiro atoms. The Morgan fingerprint density at radius 2 is 1.50 bits per heavy atom. The first-order valence-electron chi connectivity index (χ1n) is 6.50. The van der Waals surface area contributed by atoms with E-state index in [1.165, 1.54) is 6.42 Å². The van der Waals surface area contributed by atoms with E-state index in [-0.39, 0.29) is 0 Å². The molecular formula is C13H21N. The highest BCUT2D eigenvalue weighted by Crippen LogP contribution is 2.71. The zero-order valence-corrected chi connectivity index (χ0v) is 9.13. The Bertz CT molecular complexity index is 242. The lowest BCUT2D eigenvalue weighted by Crippen LogP contribution is -2.48. The van der Waals surface area contributed by atoms with Crippen LogP contribution >= 0.6 is 0 Å². The molecule has 0 radical (unpaired) electrons. The van der Waals surface area contributed by atoms with E-state index in [4.69, 9.17) is 0 Å². The standard InChI is InChI=1S/C13H21N/c1-14-12-7-13(12)10-3-8-2-9(5-10)6-11(13)4-8/h8-12,14H,2-7H2,1H3/t8?,9?,10?,11?,12-,13?/m0/s1. The molecule has 4 bridgehead atoms. The number of hydrogen-bond donors (Lipinski definition) is 1. The Hall–Kier alpha value is -0.0400. The van der Waals surface area contributed by atoms with Gasteiger partial charge in [0.15, 0.2) is 0 Å². The Kier molecular flexibility index (Phi) is 1.38. The van der Waals surface area contributed by atoms with E-state index in [9.17, 15) is 0 Å². The maximum absolute atomic E-state index is 3.56. The van der Waals surface area contributed by atoms with Crippen molar-refractivity contribution in [1.82, 2.24) is 5.32 Å². The molecule has 0 heterocycles. The van der Waals surface area contributed by atoms with Crippen LogP contribution in [0.1, 0.15) is 38.5 Å². The monoisotopic (exact) mass is 191 g/mol. The van der Waals surface area contributed by atoms with Crippen LogP contribution in [-0.4, -0.2) is 13.1 Å². The summed E-state index contributed by atoms with van der Waals surface area (Å²) in [6, 6.07) is 0.900. The molecule has 1 heteroatoms. The second-order valence-electron chi connectivity index (χ2n) is 6.46. The van der Waals surface area contributed by atoms with Crippen molar-refractivity contribution in [2.45, 2.75) is 44.6 Å². The van der Waals surface area contributed by atoms with Crippen molar-refractivity contribution in [3.8, 4) is 0 Å². The van der Waals surface area contributed by atoms with Crippen molar-refractivity contribution in [3.05, 3.63) is 0 Å². The highest BCUT2D eigenvalue weighted by atomic mass is 15.0. The molecule has 5 fully saturated rings. The summed E-state index contributed by atoms with van der Waals surface area (Å²) in [6.45, 7) is 0. The average Bonchev–Trinajstić information content (AvgIpc) is 2.89. The van der Waals surface area contributed by atoms with Gasteiger partial charge < -0.3 is 5.32 Å². The molecule has 5 aliphatic rings. The maximum atomic E-state index is 3.56. The van der Waals surface area contributed by atoms with Crippen molar-refractivity contribution in [2.75, 3.05) is 7.05 Å². The smallest absolute Gasteiger partial charge is 0.0132 e. The third kappa shape index (κ3) is 0.778. The van der Waals surface area contributed by atoms with Crippen molar-refractivity contribution >= 4 is 0 Å². The van der Waals surface area contributed by atoms with Crippen LogP contribution < -0.4 is 5.32 Å². The summed E-state index contributed by atoms with van der Waals surface area (Å²) in [5.41, 5.74) is 0.808. The van der Waals surface area contributed by atoms with Crippen LogP contribution in [0.2, 0.25) is 0 Å². The fraction of sp³-hybridized carbons (Fsp3) is 1.00. The minimum Gasteiger partial charge on any atom is -0.316 e. The van der Waals surface area contributed by atoms with E-state index in [2.05, 4.69) is 12.4 Å². The summed E-state index contributed by atoms with van der Waals surface area (Å²) in [5, 5.41) is 3.56. The molecule has 1 N–H and O–H groups in total. The van der Waals surface area contributed by atoms with Gasteiger partial charge in [0.2, 0.25) is 0 Å².